The summed E-state index contributed by atoms with van der Waals surface area (Å²) in [6, 6.07) is 21.9. The van der Waals surface area contributed by atoms with Gasteiger partial charge >= 0.3 is 0 Å². The SMILES string of the molecule is NC(=O)c1ccc(C[C@H]2NC(=O)[C@H](Cc3ccccc3)NC(O)[C@H]3CCCN3C(=O)[C@H](Cc3ccccc3)NC2=O)cc1. The van der Waals surface area contributed by atoms with Crippen LogP contribution in [0.1, 0.15) is 39.9 Å². The van der Waals surface area contributed by atoms with Crippen molar-refractivity contribution in [2.75, 3.05) is 6.54 Å². The van der Waals surface area contributed by atoms with E-state index in [9.17, 15) is 24.3 Å². The number of primary amides is 1. The molecule has 3 aromatic carbocycles. The van der Waals surface area contributed by atoms with E-state index >= 15 is 0 Å². The highest BCUT2D eigenvalue weighted by Crippen LogP contribution is 2.23. The molecule has 0 aliphatic carbocycles. The van der Waals surface area contributed by atoms with Crippen LogP contribution in [-0.4, -0.2) is 70.6 Å². The lowest BCUT2D eigenvalue weighted by molar-refractivity contribution is -0.141. The number of nitrogens with zero attached hydrogens (tertiary/aromatic N) is 1. The van der Waals surface area contributed by atoms with Crippen LogP contribution in [-0.2, 0) is 33.6 Å². The number of hydrogen-bond donors (Lipinski definition) is 5. The van der Waals surface area contributed by atoms with Gasteiger partial charge in [0, 0.05) is 24.9 Å². The summed E-state index contributed by atoms with van der Waals surface area (Å²) in [5.41, 5.74) is 8.14. The summed E-state index contributed by atoms with van der Waals surface area (Å²) in [7, 11) is 0. The van der Waals surface area contributed by atoms with E-state index in [1.165, 1.54) is 0 Å². The molecule has 0 bridgehead atoms. The molecule has 0 radical (unpaired) electrons. The normalized spacial score (nSPS) is 24.7. The third-order valence-corrected chi connectivity index (χ3v) is 8.13. The van der Waals surface area contributed by atoms with E-state index in [0.29, 0.717) is 30.5 Å². The number of rotatable bonds is 7. The largest absolute Gasteiger partial charge is 0.376 e. The maximum absolute atomic E-state index is 14.0. The van der Waals surface area contributed by atoms with E-state index in [0.717, 1.165) is 11.1 Å². The summed E-state index contributed by atoms with van der Waals surface area (Å²) in [5, 5.41) is 20.2. The summed E-state index contributed by atoms with van der Waals surface area (Å²) >= 11 is 0. The molecule has 5 rings (SSSR count). The van der Waals surface area contributed by atoms with Gasteiger partial charge in [0.1, 0.15) is 18.3 Å². The van der Waals surface area contributed by atoms with Crippen LogP contribution in [0.4, 0.5) is 0 Å². The summed E-state index contributed by atoms with van der Waals surface area (Å²) in [5.74, 6) is -1.80. The highest BCUT2D eigenvalue weighted by atomic mass is 16.3. The predicted octanol–water partition coefficient (Wildman–Crippen LogP) is 1.06. The molecule has 2 aliphatic rings. The molecule has 2 fully saturated rings. The maximum atomic E-state index is 14.0. The smallest absolute Gasteiger partial charge is 0.248 e. The lowest BCUT2D eigenvalue weighted by Gasteiger charge is -2.35. The molecular weight excluding hydrogens is 546 g/mol. The fourth-order valence-electron chi connectivity index (χ4n) is 5.83. The molecule has 10 heteroatoms. The molecular formula is C33H37N5O5. The molecule has 3 aromatic rings. The van der Waals surface area contributed by atoms with E-state index in [2.05, 4.69) is 16.0 Å². The summed E-state index contributed by atoms with van der Waals surface area (Å²) < 4.78 is 0. The number of carbonyl (C=O) groups is 4. The molecule has 5 atom stereocenters. The standard InChI is InChI=1S/C33H37N5O5/c34-29(39)24-15-13-23(14-16-24)19-25-31(41)37-27(20-22-10-5-2-6-11-22)33(43)38-17-7-12-28(38)32(42)36-26(30(40)35-25)18-21-8-3-1-4-9-21/h1-6,8-11,13-16,25-28,32,36,42H,7,12,17-20H2,(H2,34,39)(H,35,40)(H,37,41)/t25-,26+,27+,28-,32?/m1/s1. The zero-order valence-electron chi connectivity index (χ0n) is 23.8. The van der Waals surface area contributed by atoms with Gasteiger partial charge in [0.2, 0.25) is 23.6 Å². The van der Waals surface area contributed by atoms with Crippen LogP contribution in [0.3, 0.4) is 0 Å². The van der Waals surface area contributed by atoms with Crippen LogP contribution in [0.25, 0.3) is 0 Å². The average molecular weight is 584 g/mol. The number of benzene rings is 3. The minimum atomic E-state index is -1.15. The number of aliphatic hydroxyl groups is 1. The van der Waals surface area contributed by atoms with Crippen molar-refractivity contribution in [1.29, 1.82) is 0 Å². The first-order valence-electron chi connectivity index (χ1n) is 14.6. The van der Waals surface area contributed by atoms with Gasteiger partial charge in [-0.15, -0.1) is 0 Å². The second-order valence-electron chi connectivity index (χ2n) is 11.2. The van der Waals surface area contributed by atoms with Crippen LogP contribution in [0.5, 0.6) is 0 Å². The van der Waals surface area contributed by atoms with Gasteiger partial charge in [-0.1, -0.05) is 72.8 Å². The Kier molecular flexibility index (Phi) is 9.48. The van der Waals surface area contributed by atoms with Gasteiger partial charge in [-0.25, -0.2) is 0 Å². The monoisotopic (exact) mass is 583 g/mol. The number of nitrogens with two attached hydrogens (primary N) is 1. The lowest BCUT2D eigenvalue weighted by atomic mass is 9.99. The average Bonchev–Trinajstić information content (AvgIpc) is 3.51. The van der Waals surface area contributed by atoms with Gasteiger partial charge in [-0.3, -0.25) is 24.5 Å². The van der Waals surface area contributed by atoms with Crippen LogP contribution < -0.4 is 21.7 Å². The van der Waals surface area contributed by atoms with E-state index < -0.39 is 48.1 Å². The first-order valence-corrected chi connectivity index (χ1v) is 14.6. The van der Waals surface area contributed by atoms with Gasteiger partial charge in [0.15, 0.2) is 0 Å². The van der Waals surface area contributed by atoms with Crippen molar-refractivity contribution < 1.29 is 24.3 Å². The van der Waals surface area contributed by atoms with Gasteiger partial charge in [0.05, 0.1) is 12.1 Å². The quantitative estimate of drug-likeness (QED) is 0.280. The first-order chi connectivity index (χ1) is 20.8. The fourth-order valence-corrected chi connectivity index (χ4v) is 5.83. The lowest BCUT2D eigenvalue weighted by Crippen LogP contribution is -2.63. The Morgan fingerprint density at radius 3 is 1.86 bits per heavy atom. The molecule has 2 aliphatic heterocycles. The first kappa shape index (κ1) is 29.9. The van der Waals surface area contributed by atoms with Gasteiger partial charge < -0.3 is 26.4 Å². The molecule has 0 saturated carbocycles. The third-order valence-electron chi connectivity index (χ3n) is 8.13. The highest BCUT2D eigenvalue weighted by Gasteiger charge is 2.40. The number of hydrogen-bond acceptors (Lipinski definition) is 6. The van der Waals surface area contributed by atoms with Gasteiger partial charge in [-0.2, -0.15) is 0 Å². The fraction of sp³-hybridized carbons (Fsp3) is 0.333. The molecule has 0 aromatic heterocycles. The van der Waals surface area contributed by atoms with Crippen LogP contribution >= 0.6 is 0 Å². The van der Waals surface area contributed by atoms with Crippen molar-refractivity contribution >= 4 is 23.6 Å². The van der Waals surface area contributed by atoms with Crippen LogP contribution in [0.2, 0.25) is 0 Å². The maximum Gasteiger partial charge on any atom is 0.248 e. The topological polar surface area (TPSA) is 154 Å². The highest BCUT2D eigenvalue weighted by molar-refractivity contribution is 5.94. The number of nitrogens with one attached hydrogen (secondary N) is 3. The molecule has 0 spiro atoms. The molecule has 43 heavy (non-hydrogen) atoms. The van der Waals surface area contributed by atoms with Gasteiger partial charge in [-0.05, 0) is 48.1 Å². The van der Waals surface area contributed by atoms with E-state index in [1.807, 2.05) is 60.7 Å². The molecule has 1 unspecified atom stereocenters. The second-order valence-corrected chi connectivity index (χ2v) is 11.2. The van der Waals surface area contributed by atoms with Gasteiger partial charge in [0.25, 0.3) is 0 Å². The van der Waals surface area contributed by atoms with E-state index in [-0.39, 0.29) is 25.2 Å². The zero-order valence-corrected chi connectivity index (χ0v) is 23.8. The molecule has 4 amide bonds. The summed E-state index contributed by atoms with van der Waals surface area (Å²) in [6.45, 7) is 0.439. The third kappa shape index (κ3) is 7.46. The Balaban J connectivity index is 1.48. The molecule has 6 N–H and O–H groups in total. The van der Waals surface area contributed by atoms with Crippen LogP contribution in [0, 0.1) is 0 Å². The molecule has 10 nitrogen and oxygen atoms in total. The number of carbonyl (C=O) groups excluding carboxylic acids is 4. The van der Waals surface area contributed by atoms with Crippen molar-refractivity contribution in [1.82, 2.24) is 20.9 Å². The van der Waals surface area contributed by atoms with E-state index in [4.69, 9.17) is 5.73 Å². The Bertz CT molecular complexity index is 1430. The number of fused-ring (bicyclic) bond motifs is 1. The summed E-state index contributed by atoms with van der Waals surface area (Å²) in [4.78, 5) is 54.8. The van der Waals surface area contributed by atoms with Crippen molar-refractivity contribution in [2.45, 2.75) is 62.5 Å². The second kappa shape index (κ2) is 13.6. The minimum absolute atomic E-state index is 0.107. The minimum Gasteiger partial charge on any atom is -0.376 e. The number of aliphatic hydroxyl groups excluding tert-OH is 1. The van der Waals surface area contributed by atoms with Crippen molar-refractivity contribution in [3.05, 3.63) is 107 Å². The molecule has 2 heterocycles. The summed E-state index contributed by atoms with van der Waals surface area (Å²) in [6.07, 6.45) is 0.732. The Morgan fingerprint density at radius 1 is 0.744 bits per heavy atom. The Labute approximate surface area is 250 Å². The Hall–Kier alpha value is -4.54. The van der Waals surface area contributed by atoms with Crippen molar-refractivity contribution in [3.8, 4) is 0 Å². The molecule has 224 valence electrons. The zero-order chi connectivity index (χ0) is 30.3. The number of amides is 4. The Morgan fingerprint density at radius 2 is 1.26 bits per heavy atom. The van der Waals surface area contributed by atoms with E-state index in [1.54, 1.807) is 29.2 Å². The predicted molar refractivity (Wildman–Crippen MR) is 160 cm³/mol. The van der Waals surface area contributed by atoms with Crippen molar-refractivity contribution in [2.24, 2.45) is 5.73 Å². The molecule has 2 saturated heterocycles. The van der Waals surface area contributed by atoms with Crippen molar-refractivity contribution in [3.63, 3.8) is 0 Å². The van der Waals surface area contributed by atoms with Crippen LogP contribution in [0.15, 0.2) is 84.9 Å².